The van der Waals surface area contributed by atoms with Crippen molar-refractivity contribution in [3.63, 3.8) is 0 Å². The van der Waals surface area contributed by atoms with Crippen molar-refractivity contribution in [3.8, 4) is 0 Å². The molecular weight excluding hydrogens is 525 g/mol. The molecule has 0 amide bonds. The lowest BCUT2D eigenvalue weighted by molar-refractivity contribution is 0.0514. The minimum Gasteiger partial charge on any atom is -0.381 e. The van der Waals surface area contributed by atoms with Crippen LogP contribution in [-0.2, 0) is 26.5 Å². The third kappa shape index (κ3) is 6.66. The van der Waals surface area contributed by atoms with Crippen LogP contribution in [-0.4, -0.2) is 47.4 Å². The molecule has 1 saturated heterocycles. The Kier molecular flexibility index (Phi) is 9.32. The third-order valence-corrected chi connectivity index (χ3v) is 7.01. The molecule has 31 heavy (non-hydrogen) atoms. The molecule has 0 unspecified atom stereocenters. The summed E-state index contributed by atoms with van der Waals surface area (Å²) in [5, 5.41) is 6.82. The summed E-state index contributed by atoms with van der Waals surface area (Å²) in [4.78, 5) is 4.73. The number of sulfone groups is 1. The number of aryl methyl sites for hydroxylation is 1. The Morgan fingerprint density at radius 3 is 2.35 bits per heavy atom. The number of nitrogens with zero attached hydrogens (tertiary/aromatic N) is 1. The Bertz CT molecular complexity index is 988. The van der Waals surface area contributed by atoms with Gasteiger partial charge in [0, 0.05) is 45.0 Å². The fourth-order valence-electron chi connectivity index (χ4n) is 4.02. The van der Waals surface area contributed by atoms with Crippen molar-refractivity contribution in [3.05, 3.63) is 65.2 Å². The smallest absolute Gasteiger partial charge is 0.191 e. The lowest BCUT2D eigenvalue weighted by atomic mass is 9.74. The molecule has 0 aromatic heterocycles. The van der Waals surface area contributed by atoms with E-state index in [-0.39, 0.29) is 29.4 Å². The second kappa shape index (κ2) is 11.3. The van der Waals surface area contributed by atoms with E-state index in [9.17, 15) is 8.42 Å². The molecule has 2 N–H and O–H groups in total. The maximum absolute atomic E-state index is 11.8. The van der Waals surface area contributed by atoms with Crippen LogP contribution in [0.2, 0.25) is 0 Å². The zero-order valence-corrected chi connectivity index (χ0v) is 21.5. The van der Waals surface area contributed by atoms with Gasteiger partial charge in [-0.1, -0.05) is 42.5 Å². The summed E-state index contributed by atoms with van der Waals surface area (Å²) in [5.41, 5.74) is 3.10. The molecule has 0 radical (unpaired) electrons. The van der Waals surface area contributed by atoms with E-state index in [4.69, 9.17) is 4.74 Å². The highest BCUT2D eigenvalue weighted by Crippen LogP contribution is 2.34. The monoisotopic (exact) mass is 557 g/mol. The van der Waals surface area contributed by atoms with Gasteiger partial charge in [0.2, 0.25) is 0 Å². The minimum atomic E-state index is -3.21. The van der Waals surface area contributed by atoms with Crippen LogP contribution in [0.4, 0.5) is 0 Å². The quantitative estimate of drug-likeness (QED) is 0.323. The molecule has 0 aliphatic carbocycles. The summed E-state index contributed by atoms with van der Waals surface area (Å²) in [5.74, 6) is 0.724. The summed E-state index contributed by atoms with van der Waals surface area (Å²) in [6, 6.07) is 16.0. The lowest BCUT2D eigenvalue weighted by Gasteiger charge is -2.38. The number of guanidine groups is 1. The highest BCUT2D eigenvalue weighted by atomic mass is 127. The number of ether oxygens (including phenoxy) is 1. The first-order valence-electron chi connectivity index (χ1n) is 10.2. The van der Waals surface area contributed by atoms with Gasteiger partial charge in [0.1, 0.15) is 0 Å². The number of benzene rings is 2. The van der Waals surface area contributed by atoms with Crippen LogP contribution < -0.4 is 10.6 Å². The van der Waals surface area contributed by atoms with Gasteiger partial charge in [-0.05, 0) is 42.5 Å². The summed E-state index contributed by atoms with van der Waals surface area (Å²) >= 11 is 0. The zero-order valence-electron chi connectivity index (χ0n) is 18.3. The molecule has 1 heterocycles. The van der Waals surface area contributed by atoms with E-state index in [0.717, 1.165) is 49.7 Å². The van der Waals surface area contributed by atoms with Crippen molar-refractivity contribution >= 4 is 39.8 Å². The van der Waals surface area contributed by atoms with Gasteiger partial charge >= 0.3 is 0 Å². The van der Waals surface area contributed by atoms with Crippen LogP contribution in [0, 0.1) is 6.92 Å². The Labute approximate surface area is 202 Å². The molecule has 1 aliphatic rings. The lowest BCUT2D eigenvalue weighted by Crippen LogP contribution is -2.47. The van der Waals surface area contributed by atoms with E-state index >= 15 is 0 Å². The van der Waals surface area contributed by atoms with Crippen molar-refractivity contribution in [2.75, 3.05) is 33.1 Å². The molecule has 0 spiro atoms. The average molecular weight is 557 g/mol. The standard InChI is InChI=1S/C23H31N3O3S.HI/c1-18-15-19(9-10-21(18)30(3,27)28)16-25-22(24-2)26-17-23(11-13-29-14-12-23)20-7-5-4-6-8-20;/h4-10,15H,11-14,16-17H2,1-3H3,(H2,24,25,26);1H. The van der Waals surface area contributed by atoms with E-state index in [1.54, 1.807) is 13.1 Å². The van der Waals surface area contributed by atoms with Crippen LogP contribution in [0.5, 0.6) is 0 Å². The van der Waals surface area contributed by atoms with Crippen molar-refractivity contribution in [2.24, 2.45) is 4.99 Å². The maximum atomic E-state index is 11.8. The van der Waals surface area contributed by atoms with E-state index in [1.165, 1.54) is 11.8 Å². The average Bonchev–Trinajstić information content (AvgIpc) is 2.74. The molecule has 0 bridgehead atoms. The first kappa shape index (κ1) is 25.6. The molecule has 6 nitrogen and oxygen atoms in total. The molecule has 2 aromatic carbocycles. The van der Waals surface area contributed by atoms with E-state index < -0.39 is 9.84 Å². The van der Waals surface area contributed by atoms with Crippen molar-refractivity contribution < 1.29 is 13.2 Å². The topological polar surface area (TPSA) is 79.8 Å². The number of nitrogens with one attached hydrogen (secondary N) is 2. The number of aliphatic imine (C=N–C) groups is 1. The molecule has 3 rings (SSSR count). The van der Waals surface area contributed by atoms with Gasteiger partial charge in [-0.25, -0.2) is 8.42 Å². The van der Waals surface area contributed by atoms with E-state index in [2.05, 4.69) is 39.9 Å². The Morgan fingerprint density at radius 1 is 1.10 bits per heavy atom. The predicted octanol–water partition coefficient (Wildman–Crippen LogP) is 3.43. The van der Waals surface area contributed by atoms with Gasteiger partial charge in [0.25, 0.3) is 0 Å². The van der Waals surface area contributed by atoms with Gasteiger partial charge < -0.3 is 15.4 Å². The Hall–Kier alpha value is -1.65. The summed E-state index contributed by atoms with van der Waals surface area (Å²) in [6.07, 6.45) is 3.16. The molecule has 0 atom stereocenters. The fraction of sp³-hybridized carbons (Fsp3) is 0.435. The SMILES string of the molecule is CN=C(NCc1ccc(S(C)(=O)=O)c(C)c1)NCC1(c2ccccc2)CCOCC1.I. The number of hydrogen-bond donors (Lipinski definition) is 2. The fourth-order valence-corrected chi connectivity index (χ4v) is 4.98. The molecule has 2 aromatic rings. The Morgan fingerprint density at radius 2 is 1.77 bits per heavy atom. The summed E-state index contributed by atoms with van der Waals surface area (Å²) in [6.45, 7) is 4.67. The number of rotatable bonds is 6. The maximum Gasteiger partial charge on any atom is 0.191 e. The van der Waals surface area contributed by atoms with Crippen LogP contribution in [0.25, 0.3) is 0 Å². The van der Waals surface area contributed by atoms with E-state index in [1.807, 2.05) is 25.1 Å². The van der Waals surface area contributed by atoms with Crippen LogP contribution in [0.3, 0.4) is 0 Å². The third-order valence-electron chi connectivity index (χ3n) is 5.75. The van der Waals surface area contributed by atoms with Crippen LogP contribution in [0.1, 0.15) is 29.5 Å². The van der Waals surface area contributed by atoms with Gasteiger partial charge in [-0.2, -0.15) is 0 Å². The van der Waals surface area contributed by atoms with Gasteiger partial charge in [0.05, 0.1) is 4.90 Å². The summed E-state index contributed by atoms with van der Waals surface area (Å²) < 4.78 is 29.2. The van der Waals surface area contributed by atoms with Gasteiger partial charge in [-0.3, -0.25) is 4.99 Å². The molecule has 170 valence electrons. The highest BCUT2D eigenvalue weighted by molar-refractivity contribution is 14.0. The minimum absolute atomic E-state index is 0. The molecule has 0 saturated carbocycles. The van der Waals surface area contributed by atoms with E-state index in [0.29, 0.717) is 11.4 Å². The van der Waals surface area contributed by atoms with Crippen molar-refractivity contribution in [1.82, 2.24) is 10.6 Å². The number of halogens is 1. The first-order valence-corrected chi connectivity index (χ1v) is 12.1. The van der Waals surface area contributed by atoms with Gasteiger partial charge in [-0.15, -0.1) is 24.0 Å². The summed E-state index contributed by atoms with van der Waals surface area (Å²) in [7, 11) is -1.45. The second-order valence-corrected chi connectivity index (χ2v) is 9.89. The van der Waals surface area contributed by atoms with Crippen molar-refractivity contribution in [1.29, 1.82) is 0 Å². The highest BCUT2D eigenvalue weighted by Gasteiger charge is 2.34. The molecule has 1 fully saturated rings. The first-order chi connectivity index (χ1) is 14.3. The zero-order chi connectivity index (χ0) is 21.6. The normalized spacial score (nSPS) is 16.3. The molecular formula is C23H32IN3O3S. The second-order valence-electron chi connectivity index (χ2n) is 7.91. The van der Waals surface area contributed by atoms with Crippen LogP contribution >= 0.6 is 24.0 Å². The number of hydrogen-bond acceptors (Lipinski definition) is 4. The van der Waals surface area contributed by atoms with Gasteiger partial charge in [0.15, 0.2) is 15.8 Å². The van der Waals surface area contributed by atoms with Crippen molar-refractivity contribution in [2.45, 2.75) is 36.6 Å². The Balaban J connectivity index is 0.00000341. The molecule has 8 heteroatoms. The largest absolute Gasteiger partial charge is 0.381 e. The predicted molar refractivity (Wildman–Crippen MR) is 136 cm³/mol. The molecule has 1 aliphatic heterocycles. The van der Waals surface area contributed by atoms with Crippen LogP contribution in [0.15, 0.2) is 58.4 Å².